The Hall–Kier alpha value is -2.15. The predicted molar refractivity (Wildman–Crippen MR) is 69.2 cm³/mol. The smallest absolute Gasteiger partial charge is 0.356 e. The molecule has 0 aromatic carbocycles. The SMILES string of the molecule is CCn1cnnc1CNc1ccc(Cl)c(C(=O)O)n1. The number of nitrogens with zero attached hydrogens (tertiary/aromatic N) is 4. The summed E-state index contributed by atoms with van der Waals surface area (Å²) >= 11 is 5.74. The summed E-state index contributed by atoms with van der Waals surface area (Å²) in [5.41, 5.74) is -0.177. The van der Waals surface area contributed by atoms with Gasteiger partial charge in [-0.2, -0.15) is 0 Å². The molecule has 0 aliphatic carbocycles. The highest BCUT2D eigenvalue weighted by Crippen LogP contribution is 2.17. The van der Waals surface area contributed by atoms with Crippen LogP contribution in [0, 0.1) is 0 Å². The first kappa shape index (κ1) is 13.3. The van der Waals surface area contributed by atoms with Gasteiger partial charge >= 0.3 is 5.97 Å². The Balaban J connectivity index is 2.12. The van der Waals surface area contributed by atoms with Crippen molar-refractivity contribution in [3.05, 3.63) is 35.0 Å². The van der Waals surface area contributed by atoms with Gasteiger partial charge in [0.2, 0.25) is 0 Å². The maximum absolute atomic E-state index is 10.9. The van der Waals surface area contributed by atoms with Crippen LogP contribution in [0.3, 0.4) is 0 Å². The molecule has 0 aliphatic rings. The topological polar surface area (TPSA) is 92.9 Å². The number of carboxylic acid groups (broad SMARTS) is 1. The van der Waals surface area contributed by atoms with Gasteiger partial charge in [-0.05, 0) is 19.1 Å². The summed E-state index contributed by atoms with van der Waals surface area (Å²) in [4.78, 5) is 14.8. The molecule has 2 aromatic heterocycles. The van der Waals surface area contributed by atoms with Crippen LogP contribution in [0.5, 0.6) is 0 Å². The van der Waals surface area contributed by atoms with Crippen molar-refractivity contribution in [2.45, 2.75) is 20.0 Å². The van der Waals surface area contributed by atoms with E-state index in [1.165, 1.54) is 6.07 Å². The molecule has 0 saturated carbocycles. The lowest BCUT2D eigenvalue weighted by Gasteiger charge is -2.07. The monoisotopic (exact) mass is 281 g/mol. The van der Waals surface area contributed by atoms with Crippen LogP contribution in [0.4, 0.5) is 5.82 Å². The van der Waals surface area contributed by atoms with Gasteiger partial charge in [-0.15, -0.1) is 10.2 Å². The fourth-order valence-electron chi connectivity index (χ4n) is 1.54. The largest absolute Gasteiger partial charge is 0.476 e. The van der Waals surface area contributed by atoms with Crippen LogP contribution < -0.4 is 5.32 Å². The fraction of sp³-hybridized carbons (Fsp3) is 0.273. The first-order valence-electron chi connectivity index (χ1n) is 5.62. The number of carbonyl (C=O) groups is 1. The van der Waals surface area contributed by atoms with Crippen molar-refractivity contribution < 1.29 is 9.90 Å². The molecule has 0 aliphatic heterocycles. The number of hydrogen-bond donors (Lipinski definition) is 2. The van der Waals surface area contributed by atoms with Crippen molar-refractivity contribution in [3.63, 3.8) is 0 Å². The van der Waals surface area contributed by atoms with Gasteiger partial charge < -0.3 is 15.0 Å². The van der Waals surface area contributed by atoms with Crippen LogP contribution in [-0.4, -0.2) is 30.8 Å². The number of rotatable bonds is 5. The summed E-state index contributed by atoms with van der Waals surface area (Å²) in [5.74, 6) is 0.00829. The van der Waals surface area contributed by atoms with Crippen LogP contribution in [0.25, 0.3) is 0 Å². The van der Waals surface area contributed by atoms with Crippen molar-refractivity contribution in [1.29, 1.82) is 0 Å². The zero-order valence-electron chi connectivity index (χ0n) is 10.2. The van der Waals surface area contributed by atoms with Crippen LogP contribution in [0.2, 0.25) is 5.02 Å². The number of carboxylic acids is 1. The second-order valence-corrected chi connectivity index (χ2v) is 4.13. The van der Waals surface area contributed by atoms with E-state index in [2.05, 4.69) is 20.5 Å². The van der Waals surface area contributed by atoms with Crippen molar-refractivity contribution in [3.8, 4) is 0 Å². The first-order chi connectivity index (χ1) is 9.11. The van der Waals surface area contributed by atoms with E-state index in [9.17, 15) is 4.79 Å². The molecule has 2 N–H and O–H groups in total. The van der Waals surface area contributed by atoms with E-state index >= 15 is 0 Å². The molecular weight excluding hydrogens is 270 g/mol. The lowest BCUT2D eigenvalue weighted by atomic mass is 10.3. The Labute approximate surface area is 114 Å². The molecule has 0 atom stereocenters. The molecular formula is C11H12ClN5O2. The van der Waals surface area contributed by atoms with Crippen LogP contribution in [0.1, 0.15) is 23.2 Å². The lowest BCUT2D eigenvalue weighted by Crippen LogP contribution is -2.10. The van der Waals surface area contributed by atoms with E-state index in [1.54, 1.807) is 12.4 Å². The third kappa shape index (κ3) is 3.00. The number of aromatic carboxylic acids is 1. The van der Waals surface area contributed by atoms with Crippen LogP contribution in [0.15, 0.2) is 18.5 Å². The van der Waals surface area contributed by atoms with Gasteiger partial charge in [0.05, 0.1) is 11.6 Å². The molecule has 0 radical (unpaired) electrons. The molecule has 0 fully saturated rings. The number of pyridine rings is 1. The quantitative estimate of drug-likeness (QED) is 0.866. The Morgan fingerprint density at radius 1 is 1.53 bits per heavy atom. The molecule has 100 valence electrons. The second kappa shape index (κ2) is 5.66. The van der Waals surface area contributed by atoms with E-state index in [0.717, 1.165) is 12.4 Å². The van der Waals surface area contributed by atoms with E-state index in [0.29, 0.717) is 12.4 Å². The zero-order chi connectivity index (χ0) is 13.8. The Morgan fingerprint density at radius 3 is 3.00 bits per heavy atom. The molecule has 2 rings (SSSR count). The summed E-state index contributed by atoms with van der Waals surface area (Å²) in [6.07, 6.45) is 1.63. The molecule has 0 bridgehead atoms. The van der Waals surface area contributed by atoms with Gasteiger partial charge in [0.15, 0.2) is 11.5 Å². The minimum Gasteiger partial charge on any atom is -0.476 e. The average Bonchev–Trinajstić information content (AvgIpc) is 2.84. The number of aryl methyl sites for hydroxylation is 1. The molecule has 7 nitrogen and oxygen atoms in total. The highest BCUT2D eigenvalue weighted by atomic mass is 35.5. The molecule has 0 amide bonds. The van der Waals surface area contributed by atoms with Crippen molar-refractivity contribution in [1.82, 2.24) is 19.7 Å². The number of anilines is 1. The molecule has 0 unspecified atom stereocenters. The molecule has 0 spiro atoms. The van der Waals surface area contributed by atoms with E-state index in [4.69, 9.17) is 16.7 Å². The van der Waals surface area contributed by atoms with E-state index in [-0.39, 0.29) is 10.7 Å². The third-order valence-electron chi connectivity index (χ3n) is 2.51. The molecule has 19 heavy (non-hydrogen) atoms. The maximum atomic E-state index is 10.9. The lowest BCUT2D eigenvalue weighted by molar-refractivity contribution is 0.0691. The normalized spacial score (nSPS) is 10.4. The van der Waals surface area contributed by atoms with Crippen molar-refractivity contribution >= 4 is 23.4 Å². The Bertz CT molecular complexity index is 599. The number of nitrogens with one attached hydrogen (secondary N) is 1. The minimum absolute atomic E-state index is 0.106. The maximum Gasteiger partial charge on any atom is 0.356 e. The molecule has 8 heteroatoms. The molecule has 2 heterocycles. The van der Waals surface area contributed by atoms with Gasteiger partial charge in [0.25, 0.3) is 0 Å². The molecule has 2 aromatic rings. The average molecular weight is 282 g/mol. The van der Waals surface area contributed by atoms with Crippen molar-refractivity contribution in [2.75, 3.05) is 5.32 Å². The van der Waals surface area contributed by atoms with Gasteiger partial charge in [-0.1, -0.05) is 11.6 Å². The van der Waals surface area contributed by atoms with Gasteiger partial charge in [-0.3, -0.25) is 0 Å². The fourth-order valence-corrected chi connectivity index (χ4v) is 1.73. The van der Waals surface area contributed by atoms with Crippen LogP contribution in [-0.2, 0) is 13.1 Å². The number of hydrogen-bond acceptors (Lipinski definition) is 5. The zero-order valence-corrected chi connectivity index (χ0v) is 10.9. The van der Waals surface area contributed by atoms with Crippen molar-refractivity contribution in [2.24, 2.45) is 0 Å². The summed E-state index contributed by atoms with van der Waals surface area (Å²) in [6.45, 7) is 3.15. The van der Waals surface area contributed by atoms with E-state index < -0.39 is 5.97 Å². The standard InChI is InChI=1S/C11H12ClN5O2/c1-2-17-6-14-16-9(17)5-13-8-4-3-7(12)10(15-8)11(18)19/h3-4,6H,2,5H2,1H3,(H,13,15)(H,18,19). The predicted octanol–water partition coefficient (Wildman–Crippen LogP) is 1.66. The van der Waals surface area contributed by atoms with Gasteiger partial charge in [0, 0.05) is 6.54 Å². The Morgan fingerprint density at radius 2 is 2.32 bits per heavy atom. The molecule has 0 saturated heterocycles. The number of aromatic nitrogens is 4. The van der Waals surface area contributed by atoms with Gasteiger partial charge in [0.1, 0.15) is 12.1 Å². The summed E-state index contributed by atoms with van der Waals surface area (Å²) < 4.78 is 1.88. The summed E-state index contributed by atoms with van der Waals surface area (Å²) in [6, 6.07) is 3.10. The Kier molecular flexibility index (Phi) is 3.96. The van der Waals surface area contributed by atoms with Crippen LogP contribution >= 0.6 is 11.6 Å². The first-order valence-corrected chi connectivity index (χ1v) is 6.00. The number of halogens is 1. The third-order valence-corrected chi connectivity index (χ3v) is 2.82. The highest BCUT2D eigenvalue weighted by Gasteiger charge is 2.11. The summed E-state index contributed by atoms with van der Waals surface area (Å²) in [5, 5.41) is 19.8. The van der Waals surface area contributed by atoms with E-state index in [1.807, 2.05) is 11.5 Å². The highest BCUT2D eigenvalue weighted by molar-refractivity contribution is 6.33. The minimum atomic E-state index is -1.16. The second-order valence-electron chi connectivity index (χ2n) is 3.72. The summed E-state index contributed by atoms with van der Waals surface area (Å²) in [7, 11) is 0. The van der Waals surface area contributed by atoms with Gasteiger partial charge in [-0.25, -0.2) is 9.78 Å².